The summed E-state index contributed by atoms with van der Waals surface area (Å²) in [5, 5.41) is 13.1. The Hall–Kier alpha value is -2.54. The molecular formula is C16H15FN4OS. The number of benzene rings is 1. The zero-order chi connectivity index (χ0) is 16.1. The van der Waals surface area contributed by atoms with E-state index in [1.54, 1.807) is 25.4 Å². The molecule has 0 amide bonds. The van der Waals surface area contributed by atoms with Gasteiger partial charge in [0.15, 0.2) is 0 Å². The van der Waals surface area contributed by atoms with E-state index in [0.29, 0.717) is 18.8 Å². The molecular weight excluding hydrogens is 315 g/mol. The number of pyridine rings is 1. The van der Waals surface area contributed by atoms with E-state index in [2.05, 4.69) is 20.5 Å². The van der Waals surface area contributed by atoms with Gasteiger partial charge in [0, 0.05) is 25.2 Å². The van der Waals surface area contributed by atoms with E-state index in [0.717, 1.165) is 21.3 Å². The van der Waals surface area contributed by atoms with Crippen LogP contribution in [0.3, 0.4) is 0 Å². The average Bonchev–Trinajstić information content (AvgIpc) is 3.03. The summed E-state index contributed by atoms with van der Waals surface area (Å²) < 4.78 is 18.0. The Balaban J connectivity index is 1.59. The van der Waals surface area contributed by atoms with Crippen molar-refractivity contribution >= 4 is 16.5 Å². The molecule has 0 aliphatic rings. The van der Waals surface area contributed by atoms with Gasteiger partial charge in [0.25, 0.3) is 0 Å². The summed E-state index contributed by atoms with van der Waals surface area (Å²) in [5.41, 5.74) is 2.06. The van der Waals surface area contributed by atoms with Gasteiger partial charge in [-0.05, 0) is 29.3 Å². The normalized spacial score (nSPS) is 10.5. The molecule has 0 fully saturated rings. The van der Waals surface area contributed by atoms with Gasteiger partial charge in [-0.15, -0.1) is 10.2 Å². The minimum Gasteiger partial charge on any atom is -0.481 e. The Morgan fingerprint density at radius 3 is 2.74 bits per heavy atom. The fourth-order valence-electron chi connectivity index (χ4n) is 2.02. The van der Waals surface area contributed by atoms with Crippen LogP contribution in [-0.4, -0.2) is 22.3 Å². The SMILES string of the molecule is COc1cc(CNc2nnc(Cc3ccc(F)cc3)s2)ccn1. The third-order valence-corrected chi connectivity index (χ3v) is 4.07. The van der Waals surface area contributed by atoms with E-state index >= 15 is 0 Å². The highest BCUT2D eigenvalue weighted by Crippen LogP contribution is 2.20. The fraction of sp³-hybridized carbons (Fsp3) is 0.188. The van der Waals surface area contributed by atoms with Crippen molar-refractivity contribution in [2.75, 3.05) is 12.4 Å². The Morgan fingerprint density at radius 1 is 1.13 bits per heavy atom. The van der Waals surface area contributed by atoms with Crippen LogP contribution >= 0.6 is 11.3 Å². The van der Waals surface area contributed by atoms with Gasteiger partial charge in [-0.3, -0.25) is 0 Å². The van der Waals surface area contributed by atoms with Crippen molar-refractivity contribution in [1.82, 2.24) is 15.2 Å². The minimum atomic E-state index is -0.235. The van der Waals surface area contributed by atoms with Gasteiger partial charge in [0.2, 0.25) is 11.0 Å². The van der Waals surface area contributed by atoms with Crippen molar-refractivity contribution in [3.05, 3.63) is 64.5 Å². The molecule has 7 heteroatoms. The van der Waals surface area contributed by atoms with E-state index in [1.165, 1.54) is 23.5 Å². The standard InChI is InChI=1S/C16H15FN4OS/c1-22-14-8-12(6-7-18-14)10-19-16-21-20-15(23-16)9-11-2-4-13(17)5-3-11/h2-8H,9-10H2,1H3,(H,19,21). The van der Waals surface area contributed by atoms with E-state index in [9.17, 15) is 4.39 Å². The van der Waals surface area contributed by atoms with Gasteiger partial charge in [-0.2, -0.15) is 0 Å². The van der Waals surface area contributed by atoms with Gasteiger partial charge in [0.1, 0.15) is 10.8 Å². The summed E-state index contributed by atoms with van der Waals surface area (Å²) in [7, 11) is 1.59. The smallest absolute Gasteiger partial charge is 0.213 e. The number of hydrogen-bond acceptors (Lipinski definition) is 6. The molecule has 118 valence electrons. The first-order valence-corrected chi connectivity index (χ1v) is 7.84. The molecule has 5 nitrogen and oxygen atoms in total. The molecule has 0 atom stereocenters. The Morgan fingerprint density at radius 2 is 1.96 bits per heavy atom. The molecule has 2 heterocycles. The molecule has 2 aromatic heterocycles. The van der Waals surface area contributed by atoms with Crippen LogP contribution in [0.25, 0.3) is 0 Å². The van der Waals surface area contributed by atoms with E-state index in [-0.39, 0.29) is 5.82 Å². The van der Waals surface area contributed by atoms with Crippen molar-refractivity contribution in [3.63, 3.8) is 0 Å². The number of rotatable bonds is 6. The second kappa shape index (κ2) is 7.15. The zero-order valence-corrected chi connectivity index (χ0v) is 13.3. The van der Waals surface area contributed by atoms with Crippen LogP contribution in [0.5, 0.6) is 5.88 Å². The van der Waals surface area contributed by atoms with Crippen LogP contribution in [0, 0.1) is 5.82 Å². The highest BCUT2D eigenvalue weighted by Gasteiger charge is 2.06. The number of nitrogens with zero attached hydrogens (tertiary/aromatic N) is 3. The predicted octanol–water partition coefficient (Wildman–Crippen LogP) is 3.28. The molecule has 0 spiro atoms. The lowest BCUT2D eigenvalue weighted by molar-refractivity contribution is 0.397. The first-order valence-electron chi connectivity index (χ1n) is 7.02. The van der Waals surface area contributed by atoms with Crippen LogP contribution in [0.2, 0.25) is 0 Å². The van der Waals surface area contributed by atoms with Crippen LogP contribution < -0.4 is 10.1 Å². The summed E-state index contributed by atoms with van der Waals surface area (Å²) in [5.74, 6) is 0.347. The molecule has 0 aliphatic carbocycles. The monoisotopic (exact) mass is 330 g/mol. The number of nitrogens with one attached hydrogen (secondary N) is 1. The average molecular weight is 330 g/mol. The summed E-state index contributed by atoms with van der Waals surface area (Å²) in [4.78, 5) is 4.07. The van der Waals surface area contributed by atoms with Crippen molar-refractivity contribution in [3.8, 4) is 5.88 Å². The van der Waals surface area contributed by atoms with Crippen molar-refractivity contribution < 1.29 is 9.13 Å². The lowest BCUT2D eigenvalue weighted by Gasteiger charge is -2.04. The van der Waals surface area contributed by atoms with Gasteiger partial charge >= 0.3 is 0 Å². The number of aromatic nitrogens is 3. The maximum Gasteiger partial charge on any atom is 0.213 e. The van der Waals surface area contributed by atoms with Gasteiger partial charge in [-0.1, -0.05) is 23.5 Å². The number of halogens is 1. The van der Waals surface area contributed by atoms with Crippen molar-refractivity contribution in [2.45, 2.75) is 13.0 Å². The maximum absolute atomic E-state index is 12.9. The molecule has 1 aromatic carbocycles. The van der Waals surface area contributed by atoms with Gasteiger partial charge in [-0.25, -0.2) is 9.37 Å². The second-order valence-corrected chi connectivity index (χ2v) is 5.93. The summed E-state index contributed by atoms with van der Waals surface area (Å²) in [6.07, 6.45) is 2.35. The van der Waals surface area contributed by atoms with E-state index < -0.39 is 0 Å². The van der Waals surface area contributed by atoms with Crippen molar-refractivity contribution in [2.24, 2.45) is 0 Å². The largest absolute Gasteiger partial charge is 0.481 e. The molecule has 1 N–H and O–H groups in total. The molecule has 0 unspecified atom stereocenters. The lowest BCUT2D eigenvalue weighted by atomic mass is 10.2. The molecule has 0 bridgehead atoms. The third kappa shape index (κ3) is 4.23. The highest BCUT2D eigenvalue weighted by molar-refractivity contribution is 7.15. The number of methoxy groups -OCH3 is 1. The topological polar surface area (TPSA) is 59.9 Å². The maximum atomic E-state index is 12.9. The first-order chi connectivity index (χ1) is 11.2. The number of ether oxygens (including phenoxy) is 1. The van der Waals surface area contributed by atoms with Gasteiger partial charge in [0.05, 0.1) is 7.11 Å². The zero-order valence-electron chi connectivity index (χ0n) is 12.5. The minimum absolute atomic E-state index is 0.235. The Bertz CT molecular complexity index is 776. The number of anilines is 1. The molecule has 0 saturated heterocycles. The van der Waals surface area contributed by atoms with Crippen LogP contribution in [0.4, 0.5) is 9.52 Å². The van der Waals surface area contributed by atoms with Crippen LogP contribution in [0.1, 0.15) is 16.1 Å². The number of hydrogen-bond donors (Lipinski definition) is 1. The third-order valence-electron chi connectivity index (χ3n) is 3.19. The Kier molecular flexibility index (Phi) is 4.77. The fourth-order valence-corrected chi connectivity index (χ4v) is 2.79. The van der Waals surface area contributed by atoms with Crippen molar-refractivity contribution in [1.29, 1.82) is 0 Å². The van der Waals surface area contributed by atoms with Gasteiger partial charge < -0.3 is 10.1 Å². The highest BCUT2D eigenvalue weighted by atomic mass is 32.1. The molecule has 23 heavy (non-hydrogen) atoms. The lowest BCUT2D eigenvalue weighted by Crippen LogP contribution is -1.99. The Labute approximate surface area is 137 Å². The molecule has 3 rings (SSSR count). The second-order valence-electron chi connectivity index (χ2n) is 4.86. The summed E-state index contributed by atoms with van der Waals surface area (Å²) in [6, 6.07) is 10.2. The molecule has 0 radical (unpaired) electrons. The van der Waals surface area contributed by atoms with Crippen LogP contribution in [-0.2, 0) is 13.0 Å². The predicted molar refractivity (Wildman–Crippen MR) is 87.2 cm³/mol. The quantitative estimate of drug-likeness (QED) is 0.751. The summed E-state index contributed by atoms with van der Waals surface area (Å²) >= 11 is 1.49. The van der Waals surface area contributed by atoms with Crippen LogP contribution in [0.15, 0.2) is 42.6 Å². The molecule has 0 aliphatic heterocycles. The van der Waals surface area contributed by atoms with E-state index in [1.807, 2.05) is 12.1 Å². The molecule has 0 saturated carbocycles. The molecule has 3 aromatic rings. The first kappa shape index (κ1) is 15.4. The van der Waals surface area contributed by atoms with E-state index in [4.69, 9.17) is 4.74 Å². The summed E-state index contributed by atoms with van der Waals surface area (Å²) in [6.45, 7) is 0.615.